The number of amides is 1. The average Bonchev–Trinajstić information content (AvgIpc) is 3.03. The van der Waals surface area contributed by atoms with Gasteiger partial charge in [-0.25, -0.2) is 4.98 Å². The first-order chi connectivity index (χ1) is 12.5. The number of phenolic OH excluding ortho intramolecular Hbond substituents is 1. The van der Waals surface area contributed by atoms with Crippen LogP contribution >= 0.6 is 23.1 Å². The maximum Gasteiger partial charge on any atom is 0.224 e. The summed E-state index contributed by atoms with van der Waals surface area (Å²) in [4.78, 5) is 16.8. The van der Waals surface area contributed by atoms with Crippen LogP contribution < -0.4 is 10.1 Å². The summed E-state index contributed by atoms with van der Waals surface area (Å²) in [6, 6.07) is 5.26. The van der Waals surface area contributed by atoms with E-state index in [1.165, 1.54) is 7.11 Å². The Morgan fingerprint density at radius 1 is 1.38 bits per heavy atom. The van der Waals surface area contributed by atoms with Crippen LogP contribution in [0.15, 0.2) is 27.9 Å². The van der Waals surface area contributed by atoms with Crippen LogP contribution in [0, 0.1) is 6.92 Å². The molecule has 0 radical (unpaired) electrons. The Bertz CT molecular complexity index is 755. The van der Waals surface area contributed by atoms with Gasteiger partial charge in [0.25, 0.3) is 0 Å². The van der Waals surface area contributed by atoms with E-state index >= 15 is 0 Å². The molecule has 1 fully saturated rings. The first-order valence-corrected chi connectivity index (χ1v) is 10.5. The normalized spacial score (nSPS) is 19.9. The lowest BCUT2D eigenvalue weighted by molar-refractivity contribution is -0.121. The Hall–Kier alpha value is -1.73. The molecule has 1 aliphatic carbocycles. The van der Waals surface area contributed by atoms with Crippen molar-refractivity contribution in [1.29, 1.82) is 0 Å². The van der Waals surface area contributed by atoms with Crippen LogP contribution in [0.4, 0.5) is 0 Å². The Kier molecular flexibility index (Phi) is 6.43. The number of phenols is 1. The van der Waals surface area contributed by atoms with Crippen molar-refractivity contribution in [2.45, 2.75) is 54.7 Å². The number of carbonyl (C=O) groups excluding carboxylic acids is 1. The van der Waals surface area contributed by atoms with Crippen LogP contribution in [-0.4, -0.2) is 34.4 Å². The average molecular weight is 393 g/mol. The van der Waals surface area contributed by atoms with Gasteiger partial charge in [-0.15, -0.1) is 11.3 Å². The number of aryl methyl sites for hydroxylation is 1. The SMILES string of the molecule is COc1cc(CC(=O)NC2CCC(Sc3nc(C)cs3)CC2)ccc1O. The molecule has 0 atom stereocenters. The second-order valence-corrected chi connectivity index (χ2v) is 9.00. The fourth-order valence-corrected chi connectivity index (χ4v) is 5.44. The number of hydrogen-bond donors (Lipinski definition) is 2. The Balaban J connectivity index is 1.44. The van der Waals surface area contributed by atoms with Gasteiger partial charge in [0.1, 0.15) is 4.34 Å². The highest BCUT2D eigenvalue weighted by molar-refractivity contribution is 8.01. The van der Waals surface area contributed by atoms with Crippen molar-refractivity contribution in [2.24, 2.45) is 0 Å². The molecule has 1 aromatic heterocycles. The van der Waals surface area contributed by atoms with Crippen molar-refractivity contribution in [3.63, 3.8) is 0 Å². The molecule has 140 valence electrons. The third-order valence-electron chi connectivity index (χ3n) is 4.51. The summed E-state index contributed by atoms with van der Waals surface area (Å²) in [6.07, 6.45) is 4.51. The van der Waals surface area contributed by atoms with Crippen molar-refractivity contribution in [3.05, 3.63) is 34.8 Å². The quantitative estimate of drug-likeness (QED) is 0.779. The minimum absolute atomic E-state index is 0.0180. The van der Waals surface area contributed by atoms with E-state index < -0.39 is 0 Å². The van der Waals surface area contributed by atoms with E-state index in [1.54, 1.807) is 29.5 Å². The van der Waals surface area contributed by atoms with Crippen molar-refractivity contribution in [1.82, 2.24) is 10.3 Å². The number of thiazole rings is 1. The lowest BCUT2D eigenvalue weighted by Crippen LogP contribution is -2.38. The lowest BCUT2D eigenvalue weighted by Gasteiger charge is -2.28. The van der Waals surface area contributed by atoms with Gasteiger partial charge in [-0.2, -0.15) is 0 Å². The molecule has 1 aromatic carbocycles. The van der Waals surface area contributed by atoms with Crippen molar-refractivity contribution in [3.8, 4) is 11.5 Å². The van der Waals surface area contributed by atoms with Gasteiger partial charge in [-0.1, -0.05) is 17.8 Å². The molecule has 1 aliphatic rings. The Morgan fingerprint density at radius 3 is 2.81 bits per heavy atom. The predicted molar refractivity (Wildman–Crippen MR) is 105 cm³/mol. The summed E-state index contributed by atoms with van der Waals surface area (Å²) < 4.78 is 6.24. The van der Waals surface area contributed by atoms with Gasteiger partial charge in [-0.05, 0) is 50.3 Å². The molecular formula is C19H24N2O3S2. The summed E-state index contributed by atoms with van der Waals surface area (Å²) in [5.41, 5.74) is 1.92. The van der Waals surface area contributed by atoms with E-state index in [0.717, 1.165) is 41.3 Å². The molecule has 1 heterocycles. The fraction of sp³-hybridized carbons (Fsp3) is 0.474. The standard InChI is InChI=1S/C19H24N2O3S2/c1-12-11-25-19(20-12)26-15-6-4-14(5-7-15)21-18(23)10-13-3-8-16(22)17(9-13)24-2/h3,8-9,11,14-15,22H,4-7,10H2,1-2H3,(H,21,23). The number of thioether (sulfide) groups is 1. The van der Waals surface area contributed by atoms with Gasteiger partial charge in [-0.3, -0.25) is 4.79 Å². The second-order valence-electron chi connectivity index (χ2n) is 6.60. The number of hydrogen-bond acceptors (Lipinski definition) is 6. The third-order valence-corrected chi connectivity index (χ3v) is 6.94. The summed E-state index contributed by atoms with van der Waals surface area (Å²) >= 11 is 3.59. The van der Waals surface area contributed by atoms with Crippen molar-refractivity contribution < 1.29 is 14.6 Å². The van der Waals surface area contributed by atoms with Crippen LogP contribution in [0.3, 0.4) is 0 Å². The molecule has 0 spiro atoms. The predicted octanol–water partition coefficient (Wildman–Crippen LogP) is 3.93. The van der Waals surface area contributed by atoms with Gasteiger partial charge < -0.3 is 15.2 Å². The zero-order chi connectivity index (χ0) is 18.5. The minimum Gasteiger partial charge on any atom is -0.504 e. The number of aromatic nitrogens is 1. The highest BCUT2D eigenvalue weighted by Crippen LogP contribution is 2.35. The molecule has 26 heavy (non-hydrogen) atoms. The maximum absolute atomic E-state index is 12.3. The second kappa shape index (κ2) is 8.77. The molecule has 1 amide bonds. The van der Waals surface area contributed by atoms with Gasteiger partial charge >= 0.3 is 0 Å². The monoisotopic (exact) mass is 392 g/mol. The van der Waals surface area contributed by atoms with E-state index in [1.807, 2.05) is 18.7 Å². The number of methoxy groups -OCH3 is 1. The van der Waals surface area contributed by atoms with E-state index in [4.69, 9.17) is 4.74 Å². The summed E-state index contributed by atoms with van der Waals surface area (Å²) in [5, 5.41) is 15.5. The number of nitrogens with zero attached hydrogens (tertiary/aromatic N) is 1. The van der Waals surface area contributed by atoms with Crippen LogP contribution in [0.2, 0.25) is 0 Å². The van der Waals surface area contributed by atoms with E-state index in [0.29, 0.717) is 17.4 Å². The molecule has 2 aromatic rings. The van der Waals surface area contributed by atoms with Gasteiger partial charge in [0, 0.05) is 22.4 Å². The molecule has 1 saturated carbocycles. The number of nitrogens with one attached hydrogen (secondary N) is 1. The molecule has 0 bridgehead atoms. The first-order valence-electron chi connectivity index (χ1n) is 8.77. The summed E-state index contributed by atoms with van der Waals surface area (Å²) in [5.74, 6) is 0.498. The van der Waals surface area contributed by atoms with Crippen molar-refractivity contribution in [2.75, 3.05) is 7.11 Å². The molecule has 0 aliphatic heterocycles. The molecule has 7 heteroatoms. The highest BCUT2D eigenvalue weighted by Gasteiger charge is 2.24. The number of rotatable bonds is 6. The molecule has 0 unspecified atom stereocenters. The Labute approximate surface area is 162 Å². The minimum atomic E-state index is 0.0180. The molecule has 3 rings (SSSR count). The highest BCUT2D eigenvalue weighted by atomic mass is 32.2. The van der Waals surface area contributed by atoms with Crippen LogP contribution in [0.1, 0.15) is 36.9 Å². The Morgan fingerprint density at radius 2 is 2.15 bits per heavy atom. The van der Waals surface area contributed by atoms with Crippen LogP contribution in [0.5, 0.6) is 11.5 Å². The summed E-state index contributed by atoms with van der Waals surface area (Å²) in [7, 11) is 1.50. The number of aromatic hydroxyl groups is 1. The summed E-state index contributed by atoms with van der Waals surface area (Å²) in [6.45, 7) is 2.02. The maximum atomic E-state index is 12.3. The smallest absolute Gasteiger partial charge is 0.224 e. The van der Waals surface area contributed by atoms with Crippen LogP contribution in [0.25, 0.3) is 0 Å². The van der Waals surface area contributed by atoms with E-state index in [2.05, 4.69) is 15.7 Å². The van der Waals surface area contributed by atoms with Crippen molar-refractivity contribution >= 4 is 29.0 Å². The third kappa shape index (κ3) is 5.14. The number of benzene rings is 1. The van der Waals surface area contributed by atoms with Crippen LogP contribution in [-0.2, 0) is 11.2 Å². The zero-order valence-corrected chi connectivity index (χ0v) is 16.7. The largest absolute Gasteiger partial charge is 0.504 e. The molecule has 5 nitrogen and oxygen atoms in total. The number of ether oxygens (including phenoxy) is 1. The molecular weight excluding hydrogens is 368 g/mol. The van der Waals surface area contributed by atoms with E-state index in [9.17, 15) is 9.90 Å². The molecule has 2 N–H and O–H groups in total. The zero-order valence-electron chi connectivity index (χ0n) is 15.0. The van der Waals surface area contributed by atoms with Gasteiger partial charge in [0.2, 0.25) is 5.91 Å². The first kappa shape index (κ1) is 19.0. The topological polar surface area (TPSA) is 71.5 Å². The fourth-order valence-electron chi connectivity index (χ4n) is 3.15. The van der Waals surface area contributed by atoms with Gasteiger partial charge in [0.05, 0.1) is 13.5 Å². The molecule has 0 saturated heterocycles. The van der Waals surface area contributed by atoms with E-state index in [-0.39, 0.29) is 17.7 Å². The van der Waals surface area contributed by atoms with Gasteiger partial charge in [0.15, 0.2) is 11.5 Å². The lowest BCUT2D eigenvalue weighted by atomic mass is 9.94. The number of carbonyl (C=O) groups is 1.